The highest BCUT2D eigenvalue weighted by Gasteiger charge is 2.41. The summed E-state index contributed by atoms with van der Waals surface area (Å²) in [5.41, 5.74) is 1.27. The molecule has 1 atom stereocenters. The van der Waals surface area contributed by atoms with Crippen LogP contribution in [-0.2, 0) is 21.2 Å². The molecular formula is C27H31N3O5S. The van der Waals surface area contributed by atoms with Crippen molar-refractivity contribution < 1.29 is 18.3 Å². The predicted octanol–water partition coefficient (Wildman–Crippen LogP) is 3.99. The van der Waals surface area contributed by atoms with Gasteiger partial charge in [-0.2, -0.15) is 4.31 Å². The second-order valence-corrected chi connectivity index (χ2v) is 11.6. The molecular weight excluding hydrogens is 478 g/mol. The Bertz CT molecular complexity index is 1470. The number of hydrogen-bond donors (Lipinski definition) is 2. The van der Waals surface area contributed by atoms with Crippen molar-refractivity contribution in [1.82, 2.24) is 8.87 Å². The van der Waals surface area contributed by atoms with Gasteiger partial charge < -0.3 is 10.4 Å². The minimum Gasteiger partial charge on any atom is -0.480 e. The summed E-state index contributed by atoms with van der Waals surface area (Å²) in [5, 5.41) is 15.2. The van der Waals surface area contributed by atoms with E-state index in [1.165, 1.54) is 10.4 Å². The first kappa shape index (κ1) is 24.5. The van der Waals surface area contributed by atoms with Crippen LogP contribution in [0.1, 0.15) is 56.2 Å². The summed E-state index contributed by atoms with van der Waals surface area (Å²) in [6.45, 7) is 1.78. The first-order valence-electron chi connectivity index (χ1n) is 12.6. The van der Waals surface area contributed by atoms with Crippen molar-refractivity contribution in [2.45, 2.75) is 62.6 Å². The molecule has 2 aliphatic rings. The fraction of sp³-hybridized carbons (Fsp3) is 0.407. The third-order valence-corrected chi connectivity index (χ3v) is 9.16. The second kappa shape index (κ2) is 9.71. The predicted molar refractivity (Wildman–Crippen MR) is 139 cm³/mol. The topological polar surface area (TPSA) is 109 Å². The van der Waals surface area contributed by atoms with Crippen LogP contribution < -0.4 is 10.9 Å². The summed E-state index contributed by atoms with van der Waals surface area (Å²) < 4.78 is 29.2. The van der Waals surface area contributed by atoms with Crippen molar-refractivity contribution in [1.29, 1.82) is 0 Å². The molecule has 1 aliphatic heterocycles. The summed E-state index contributed by atoms with van der Waals surface area (Å²) in [6.07, 6.45) is 4.83. The summed E-state index contributed by atoms with van der Waals surface area (Å²) in [6, 6.07) is 14.2. The Morgan fingerprint density at radius 2 is 1.81 bits per heavy atom. The Kier molecular flexibility index (Phi) is 6.61. The van der Waals surface area contributed by atoms with Crippen LogP contribution in [-0.4, -0.2) is 47.5 Å². The number of nitrogens with zero attached hydrogens (tertiary/aromatic N) is 2. The second-order valence-electron chi connectivity index (χ2n) is 9.72. The van der Waals surface area contributed by atoms with Crippen molar-refractivity contribution in [2.75, 3.05) is 18.4 Å². The maximum atomic E-state index is 13.9. The van der Waals surface area contributed by atoms with Gasteiger partial charge in [0.05, 0.1) is 0 Å². The van der Waals surface area contributed by atoms with Crippen LogP contribution in [0.3, 0.4) is 0 Å². The monoisotopic (exact) mass is 509 g/mol. The largest absolute Gasteiger partial charge is 0.480 e. The number of sulfonamides is 1. The maximum Gasteiger partial charge on any atom is 0.328 e. The Morgan fingerprint density at radius 1 is 1.08 bits per heavy atom. The van der Waals surface area contributed by atoms with E-state index in [1.54, 1.807) is 0 Å². The van der Waals surface area contributed by atoms with Crippen molar-refractivity contribution in [2.24, 2.45) is 0 Å². The molecule has 0 amide bonds. The SMILES string of the molecule is CCCN1CC(C(=O)O)n2c(cc(Cc3cccc4ccccc34)c(NC3CCCC3)c2=O)S1(=O)=O. The molecule has 2 heterocycles. The van der Waals surface area contributed by atoms with Gasteiger partial charge in [0.1, 0.15) is 11.7 Å². The number of carboxylic acid groups (broad SMARTS) is 1. The maximum absolute atomic E-state index is 13.9. The fourth-order valence-electron chi connectivity index (χ4n) is 5.52. The molecule has 190 valence electrons. The molecule has 36 heavy (non-hydrogen) atoms. The van der Waals surface area contributed by atoms with Gasteiger partial charge >= 0.3 is 5.97 Å². The molecule has 0 radical (unpaired) electrons. The molecule has 0 saturated heterocycles. The minimum atomic E-state index is -4.03. The molecule has 2 N–H and O–H groups in total. The quantitative estimate of drug-likeness (QED) is 0.499. The summed E-state index contributed by atoms with van der Waals surface area (Å²) >= 11 is 0. The van der Waals surface area contributed by atoms with Crippen LogP contribution in [0.2, 0.25) is 0 Å². The smallest absolute Gasteiger partial charge is 0.328 e. The van der Waals surface area contributed by atoms with Crippen LogP contribution in [0, 0.1) is 0 Å². The normalized spacial score (nSPS) is 19.9. The van der Waals surface area contributed by atoms with Gasteiger partial charge in [-0.15, -0.1) is 0 Å². The van der Waals surface area contributed by atoms with Crippen molar-refractivity contribution in [3.8, 4) is 0 Å². The van der Waals surface area contributed by atoms with E-state index in [1.807, 2.05) is 49.4 Å². The zero-order chi connectivity index (χ0) is 25.4. The number of aromatic nitrogens is 1. The van der Waals surface area contributed by atoms with E-state index in [4.69, 9.17) is 0 Å². The lowest BCUT2D eigenvalue weighted by atomic mass is 9.97. The highest BCUT2D eigenvalue weighted by Crippen LogP contribution is 2.32. The molecule has 3 aromatic rings. The van der Waals surface area contributed by atoms with Gasteiger partial charge in [-0.05, 0) is 47.2 Å². The van der Waals surface area contributed by atoms with Gasteiger partial charge in [-0.25, -0.2) is 13.2 Å². The Labute approximate surface area is 210 Å². The Morgan fingerprint density at radius 3 is 2.53 bits per heavy atom. The van der Waals surface area contributed by atoms with Crippen molar-refractivity contribution >= 4 is 32.5 Å². The molecule has 1 saturated carbocycles. The molecule has 0 spiro atoms. The number of aliphatic carboxylic acids is 1. The van der Waals surface area contributed by atoms with Gasteiger partial charge in [-0.1, -0.05) is 62.2 Å². The fourth-order valence-corrected chi connectivity index (χ4v) is 7.29. The lowest BCUT2D eigenvalue weighted by Crippen LogP contribution is -2.50. The Hall–Kier alpha value is -3.17. The molecule has 2 aromatic carbocycles. The third-order valence-electron chi connectivity index (χ3n) is 7.30. The molecule has 1 aliphatic carbocycles. The zero-order valence-corrected chi connectivity index (χ0v) is 21.1. The number of rotatable bonds is 7. The van der Waals surface area contributed by atoms with Gasteiger partial charge in [0, 0.05) is 25.6 Å². The average molecular weight is 510 g/mol. The number of benzene rings is 2. The van der Waals surface area contributed by atoms with E-state index in [9.17, 15) is 23.1 Å². The van der Waals surface area contributed by atoms with Crippen molar-refractivity contribution in [3.63, 3.8) is 0 Å². The number of carbonyl (C=O) groups is 1. The van der Waals surface area contributed by atoms with E-state index >= 15 is 0 Å². The molecule has 5 rings (SSSR count). The van der Waals surface area contributed by atoms with Crippen LogP contribution in [0.15, 0.2) is 58.4 Å². The number of hydrogen-bond acceptors (Lipinski definition) is 5. The lowest BCUT2D eigenvalue weighted by molar-refractivity contribution is -0.141. The third kappa shape index (κ3) is 4.30. The standard InChI is InChI=1S/C27H31N3O5S/c1-2-14-29-17-23(27(32)33)30-24(36(29,34)35)16-20(25(26(30)31)28-21-11-4-5-12-21)15-19-10-7-9-18-8-3-6-13-22(18)19/h3,6-10,13,16,21,23,28H,2,4-5,11-12,14-15,17H2,1H3,(H,32,33). The average Bonchev–Trinajstić information content (AvgIpc) is 3.37. The zero-order valence-electron chi connectivity index (χ0n) is 20.3. The molecule has 9 heteroatoms. The minimum absolute atomic E-state index is 0.0997. The Balaban J connectivity index is 1.72. The number of pyridine rings is 1. The summed E-state index contributed by atoms with van der Waals surface area (Å²) in [5.74, 6) is -1.22. The van der Waals surface area contributed by atoms with E-state index in [0.29, 0.717) is 24.1 Å². The number of nitrogens with one attached hydrogen (secondary N) is 1. The van der Waals surface area contributed by atoms with E-state index in [2.05, 4.69) is 5.32 Å². The molecule has 1 aromatic heterocycles. The van der Waals surface area contributed by atoms with Crippen LogP contribution in [0.5, 0.6) is 0 Å². The highest BCUT2D eigenvalue weighted by atomic mass is 32.2. The number of fused-ring (bicyclic) bond motifs is 2. The van der Waals surface area contributed by atoms with Crippen molar-refractivity contribution in [3.05, 3.63) is 70.0 Å². The number of carboxylic acids is 1. The van der Waals surface area contributed by atoms with Crippen LogP contribution in [0.25, 0.3) is 10.8 Å². The van der Waals surface area contributed by atoms with Gasteiger partial charge in [0.25, 0.3) is 15.6 Å². The highest BCUT2D eigenvalue weighted by molar-refractivity contribution is 7.89. The van der Waals surface area contributed by atoms with E-state index < -0.39 is 27.6 Å². The summed E-state index contributed by atoms with van der Waals surface area (Å²) in [7, 11) is -4.03. The summed E-state index contributed by atoms with van der Waals surface area (Å²) in [4.78, 5) is 26.1. The first-order valence-corrected chi connectivity index (χ1v) is 14.0. The van der Waals surface area contributed by atoms with Gasteiger partial charge in [0.2, 0.25) is 0 Å². The van der Waals surface area contributed by atoms with Crippen LogP contribution in [0.4, 0.5) is 5.69 Å². The van der Waals surface area contributed by atoms with Gasteiger partial charge in [-0.3, -0.25) is 9.36 Å². The number of anilines is 1. The van der Waals surface area contributed by atoms with E-state index in [-0.39, 0.29) is 24.2 Å². The lowest BCUT2D eigenvalue weighted by Gasteiger charge is -2.34. The van der Waals surface area contributed by atoms with E-state index in [0.717, 1.165) is 46.6 Å². The molecule has 1 fully saturated rings. The first-order chi connectivity index (χ1) is 17.3. The van der Waals surface area contributed by atoms with Crippen LogP contribution >= 0.6 is 0 Å². The van der Waals surface area contributed by atoms with Gasteiger partial charge in [0.15, 0.2) is 5.03 Å². The molecule has 8 nitrogen and oxygen atoms in total. The molecule has 0 bridgehead atoms. The molecule has 1 unspecified atom stereocenters.